The van der Waals surface area contributed by atoms with E-state index in [1.807, 2.05) is 37.3 Å². The average molecular weight is 266 g/mol. The van der Waals surface area contributed by atoms with Crippen LogP contribution in [0.25, 0.3) is 0 Å². The smallest absolute Gasteiger partial charge is 0.180 e. The number of aliphatic hydroxyl groups excluding tert-OH is 1. The van der Waals surface area contributed by atoms with E-state index >= 15 is 0 Å². The lowest BCUT2D eigenvalue weighted by Gasteiger charge is -2.38. The van der Waals surface area contributed by atoms with Gasteiger partial charge in [-0.25, -0.2) is 0 Å². The number of hydrogen-bond donors (Lipinski definition) is 1. The SMILES string of the molecule is CC(OC(O)C1([SiH3])CCCCO1)c1ccccc1. The fourth-order valence-electron chi connectivity index (χ4n) is 2.29. The molecule has 1 N–H and O–H groups in total. The van der Waals surface area contributed by atoms with Crippen molar-refractivity contribution >= 4 is 10.2 Å². The van der Waals surface area contributed by atoms with Gasteiger partial charge < -0.3 is 14.6 Å². The highest BCUT2D eigenvalue weighted by atomic mass is 28.1. The lowest BCUT2D eigenvalue weighted by Crippen LogP contribution is -2.49. The summed E-state index contributed by atoms with van der Waals surface area (Å²) in [5, 5.41) is 9.82. The Balaban J connectivity index is 1.96. The van der Waals surface area contributed by atoms with Gasteiger partial charge in [0.15, 0.2) is 6.29 Å². The first-order valence-corrected chi connectivity index (χ1v) is 7.64. The zero-order chi connectivity index (χ0) is 13.0. The fourth-order valence-corrected chi connectivity index (χ4v) is 2.98. The molecule has 1 aliphatic heterocycles. The van der Waals surface area contributed by atoms with Crippen LogP contribution in [-0.4, -0.2) is 33.5 Å². The van der Waals surface area contributed by atoms with Crippen molar-refractivity contribution in [3.05, 3.63) is 35.9 Å². The minimum atomic E-state index is -0.820. The van der Waals surface area contributed by atoms with Crippen LogP contribution in [0.4, 0.5) is 0 Å². The molecule has 4 heteroatoms. The molecule has 0 radical (unpaired) electrons. The predicted octanol–water partition coefficient (Wildman–Crippen LogP) is 1.34. The van der Waals surface area contributed by atoms with Crippen molar-refractivity contribution < 1.29 is 14.6 Å². The first kappa shape index (κ1) is 13.7. The van der Waals surface area contributed by atoms with E-state index in [4.69, 9.17) is 9.47 Å². The van der Waals surface area contributed by atoms with E-state index in [2.05, 4.69) is 0 Å². The molecule has 0 amide bonds. The fraction of sp³-hybridized carbons (Fsp3) is 0.571. The molecule has 18 heavy (non-hydrogen) atoms. The van der Waals surface area contributed by atoms with Crippen molar-refractivity contribution in [3.8, 4) is 0 Å². The van der Waals surface area contributed by atoms with E-state index in [9.17, 15) is 5.11 Å². The van der Waals surface area contributed by atoms with Crippen LogP contribution in [0.1, 0.15) is 37.9 Å². The van der Waals surface area contributed by atoms with E-state index < -0.39 is 11.5 Å². The van der Waals surface area contributed by atoms with Crippen molar-refractivity contribution in [1.82, 2.24) is 0 Å². The highest BCUT2D eigenvalue weighted by Gasteiger charge is 2.37. The summed E-state index contributed by atoms with van der Waals surface area (Å²) in [6, 6.07) is 9.97. The summed E-state index contributed by atoms with van der Waals surface area (Å²) in [4.78, 5) is 0. The molecule has 0 spiro atoms. The topological polar surface area (TPSA) is 38.7 Å². The van der Waals surface area contributed by atoms with Gasteiger partial charge in [-0.1, -0.05) is 30.3 Å². The first-order chi connectivity index (χ1) is 8.62. The van der Waals surface area contributed by atoms with Crippen LogP contribution >= 0.6 is 0 Å². The number of rotatable bonds is 4. The highest BCUT2D eigenvalue weighted by molar-refractivity contribution is 6.14. The Hall–Kier alpha value is -0.683. The summed E-state index contributed by atoms with van der Waals surface area (Å²) < 4.78 is 11.5. The van der Waals surface area contributed by atoms with Crippen molar-refractivity contribution in [1.29, 1.82) is 0 Å². The van der Waals surface area contributed by atoms with Crippen molar-refractivity contribution in [2.75, 3.05) is 6.61 Å². The van der Waals surface area contributed by atoms with Crippen LogP contribution in [0.2, 0.25) is 0 Å². The second kappa shape index (κ2) is 5.97. The molecule has 1 saturated heterocycles. The molecule has 0 aliphatic carbocycles. The van der Waals surface area contributed by atoms with Gasteiger partial charge in [-0.05, 0) is 31.7 Å². The Bertz CT molecular complexity index is 363. The van der Waals surface area contributed by atoms with Crippen LogP contribution in [0.15, 0.2) is 30.3 Å². The maximum Gasteiger partial charge on any atom is 0.180 e. The predicted molar refractivity (Wildman–Crippen MR) is 74.4 cm³/mol. The van der Waals surface area contributed by atoms with E-state index in [0.717, 1.165) is 41.7 Å². The molecule has 1 aliphatic rings. The molecule has 1 heterocycles. The van der Waals surface area contributed by atoms with Gasteiger partial charge in [0.1, 0.15) is 0 Å². The van der Waals surface area contributed by atoms with Gasteiger partial charge in [-0.2, -0.15) is 0 Å². The van der Waals surface area contributed by atoms with Crippen molar-refractivity contribution in [2.45, 2.75) is 43.8 Å². The Kier molecular flexibility index (Phi) is 4.56. The summed E-state index contributed by atoms with van der Waals surface area (Å²) >= 11 is 0. The standard InChI is InChI=1S/C14H22O3Si/c1-11(12-7-3-2-4-8-12)17-13(15)14(18)9-5-6-10-16-14/h2-4,7-8,11,13,15H,5-6,9-10H2,1,18H3. The molecule has 3 nitrogen and oxygen atoms in total. The third kappa shape index (κ3) is 3.20. The molecular formula is C14H22O3Si. The molecule has 0 saturated carbocycles. The van der Waals surface area contributed by atoms with Crippen LogP contribution in [0.3, 0.4) is 0 Å². The molecule has 1 aromatic rings. The van der Waals surface area contributed by atoms with E-state index in [-0.39, 0.29) is 6.10 Å². The zero-order valence-corrected chi connectivity index (χ0v) is 13.1. The van der Waals surface area contributed by atoms with Gasteiger partial charge in [-0.15, -0.1) is 0 Å². The summed E-state index contributed by atoms with van der Waals surface area (Å²) in [5.74, 6) is 0. The van der Waals surface area contributed by atoms with Crippen LogP contribution in [0, 0.1) is 0 Å². The third-order valence-electron chi connectivity index (χ3n) is 3.62. The summed E-state index contributed by atoms with van der Waals surface area (Å²) in [6.07, 6.45) is 2.17. The third-order valence-corrected chi connectivity index (χ3v) is 4.91. The second-order valence-electron chi connectivity index (χ2n) is 5.16. The van der Waals surface area contributed by atoms with Gasteiger partial charge in [0.2, 0.25) is 0 Å². The summed E-state index contributed by atoms with van der Waals surface area (Å²) in [5.41, 5.74) is 1.08. The minimum absolute atomic E-state index is 0.113. The summed E-state index contributed by atoms with van der Waals surface area (Å²) in [6.45, 7) is 2.70. The van der Waals surface area contributed by atoms with E-state index in [1.165, 1.54) is 0 Å². The lowest BCUT2D eigenvalue weighted by atomic mass is 10.1. The molecule has 3 atom stereocenters. The maximum atomic E-state index is 10.3. The molecule has 0 aromatic heterocycles. The van der Waals surface area contributed by atoms with E-state index in [0.29, 0.717) is 0 Å². The molecule has 2 rings (SSSR count). The quantitative estimate of drug-likeness (QED) is 0.660. The van der Waals surface area contributed by atoms with Gasteiger partial charge in [0.05, 0.1) is 11.3 Å². The van der Waals surface area contributed by atoms with Gasteiger partial charge in [0.25, 0.3) is 0 Å². The summed E-state index contributed by atoms with van der Waals surface area (Å²) in [7, 11) is 0.784. The van der Waals surface area contributed by atoms with Crippen molar-refractivity contribution in [3.63, 3.8) is 0 Å². The monoisotopic (exact) mass is 266 g/mol. The minimum Gasteiger partial charge on any atom is -0.374 e. The van der Waals surface area contributed by atoms with Crippen molar-refractivity contribution in [2.24, 2.45) is 0 Å². The molecule has 1 aromatic carbocycles. The number of hydrogen-bond acceptors (Lipinski definition) is 3. The number of benzene rings is 1. The Morgan fingerprint density at radius 2 is 2.06 bits per heavy atom. The Morgan fingerprint density at radius 1 is 1.33 bits per heavy atom. The molecule has 0 bridgehead atoms. The second-order valence-corrected chi connectivity index (χ2v) is 6.85. The van der Waals surface area contributed by atoms with Gasteiger partial charge in [0, 0.05) is 16.8 Å². The van der Waals surface area contributed by atoms with Crippen LogP contribution in [-0.2, 0) is 9.47 Å². The highest BCUT2D eigenvalue weighted by Crippen LogP contribution is 2.29. The maximum absolute atomic E-state index is 10.3. The molecule has 100 valence electrons. The molecule has 1 fully saturated rings. The van der Waals surface area contributed by atoms with Gasteiger partial charge >= 0.3 is 0 Å². The number of ether oxygens (including phenoxy) is 2. The molecule has 3 unspecified atom stereocenters. The number of aliphatic hydroxyl groups is 1. The zero-order valence-electron chi connectivity index (χ0n) is 11.1. The largest absolute Gasteiger partial charge is 0.374 e. The Labute approximate surface area is 112 Å². The van der Waals surface area contributed by atoms with Crippen LogP contribution < -0.4 is 0 Å². The molecular weight excluding hydrogens is 244 g/mol. The normalized spacial score (nSPS) is 27.9. The average Bonchev–Trinajstić information content (AvgIpc) is 2.40. The van der Waals surface area contributed by atoms with E-state index in [1.54, 1.807) is 0 Å². The lowest BCUT2D eigenvalue weighted by molar-refractivity contribution is -0.226. The first-order valence-electron chi connectivity index (χ1n) is 6.64. The Morgan fingerprint density at radius 3 is 2.67 bits per heavy atom. The van der Waals surface area contributed by atoms with Gasteiger partial charge in [-0.3, -0.25) is 0 Å². The van der Waals surface area contributed by atoms with Crippen LogP contribution in [0.5, 0.6) is 0 Å².